The van der Waals surface area contributed by atoms with Crippen LogP contribution in [-0.4, -0.2) is 26.2 Å². The van der Waals surface area contributed by atoms with Crippen molar-refractivity contribution in [2.24, 2.45) is 0 Å². The first-order chi connectivity index (χ1) is 9.90. The maximum atomic E-state index is 4.17. The molecular formula is C14H17N5S. The molecule has 5 nitrogen and oxygen atoms in total. The lowest BCUT2D eigenvalue weighted by Gasteiger charge is -2.09. The van der Waals surface area contributed by atoms with E-state index in [1.54, 1.807) is 11.8 Å². The van der Waals surface area contributed by atoms with Crippen LogP contribution in [0.1, 0.15) is 37.3 Å². The van der Waals surface area contributed by atoms with Crippen molar-refractivity contribution in [2.75, 3.05) is 0 Å². The fourth-order valence-electron chi connectivity index (χ4n) is 2.19. The largest absolute Gasteiger partial charge is 0.310 e. The summed E-state index contributed by atoms with van der Waals surface area (Å²) < 4.78 is 1.97. The molecule has 0 aliphatic heterocycles. The van der Waals surface area contributed by atoms with Gasteiger partial charge in [0, 0.05) is 17.5 Å². The second-order valence-electron chi connectivity index (χ2n) is 5.50. The molecular weight excluding hydrogens is 270 g/mol. The summed E-state index contributed by atoms with van der Waals surface area (Å²) in [5.74, 6) is 0. The van der Waals surface area contributed by atoms with Gasteiger partial charge in [-0.05, 0) is 59.5 Å². The van der Waals surface area contributed by atoms with Crippen molar-refractivity contribution in [2.45, 2.75) is 54.4 Å². The summed E-state index contributed by atoms with van der Waals surface area (Å²) in [6, 6.07) is 9.75. The van der Waals surface area contributed by atoms with Gasteiger partial charge in [-0.1, -0.05) is 18.2 Å². The van der Waals surface area contributed by atoms with Gasteiger partial charge in [-0.3, -0.25) is 0 Å². The molecule has 104 valence electrons. The van der Waals surface area contributed by atoms with Gasteiger partial charge in [-0.2, -0.15) is 0 Å². The molecule has 1 aromatic heterocycles. The van der Waals surface area contributed by atoms with Crippen LogP contribution in [0.3, 0.4) is 0 Å². The van der Waals surface area contributed by atoms with E-state index in [1.807, 2.05) is 4.68 Å². The van der Waals surface area contributed by atoms with Gasteiger partial charge in [0.05, 0.1) is 6.04 Å². The number of benzene rings is 1. The normalized spacial score (nSPS) is 18.4. The maximum absolute atomic E-state index is 4.17. The SMILES string of the molecule is c1ccc(Sc2nnnn2C2CC2)c(CNC2CC2)c1. The van der Waals surface area contributed by atoms with Crippen molar-refractivity contribution in [1.82, 2.24) is 25.5 Å². The van der Waals surface area contributed by atoms with Gasteiger partial charge in [0.1, 0.15) is 0 Å². The van der Waals surface area contributed by atoms with Crippen molar-refractivity contribution in [3.8, 4) is 0 Å². The van der Waals surface area contributed by atoms with Gasteiger partial charge in [-0.15, -0.1) is 5.10 Å². The number of tetrazole rings is 1. The number of rotatable bonds is 6. The summed E-state index contributed by atoms with van der Waals surface area (Å²) in [6.07, 6.45) is 5.03. The van der Waals surface area contributed by atoms with Gasteiger partial charge in [0.2, 0.25) is 5.16 Å². The summed E-state index contributed by atoms with van der Waals surface area (Å²) in [4.78, 5) is 1.25. The molecule has 0 saturated heterocycles. The molecule has 20 heavy (non-hydrogen) atoms. The summed E-state index contributed by atoms with van der Waals surface area (Å²) in [5.41, 5.74) is 1.33. The average Bonchev–Trinajstić information content (AvgIpc) is 3.39. The van der Waals surface area contributed by atoms with Gasteiger partial charge in [0.25, 0.3) is 0 Å². The maximum Gasteiger partial charge on any atom is 0.214 e. The molecule has 6 heteroatoms. The van der Waals surface area contributed by atoms with Crippen LogP contribution >= 0.6 is 11.8 Å². The Balaban J connectivity index is 1.53. The lowest BCUT2D eigenvalue weighted by Crippen LogP contribution is -2.15. The van der Waals surface area contributed by atoms with Crippen molar-refractivity contribution in [3.63, 3.8) is 0 Å². The number of nitrogens with one attached hydrogen (secondary N) is 1. The smallest absolute Gasteiger partial charge is 0.214 e. The first-order valence-corrected chi connectivity index (χ1v) is 7.99. The molecule has 2 fully saturated rings. The minimum atomic E-state index is 0.518. The van der Waals surface area contributed by atoms with Gasteiger partial charge in [-0.25, -0.2) is 4.68 Å². The average molecular weight is 287 g/mol. The molecule has 1 N–H and O–H groups in total. The fourth-order valence-corrected chi connectivity index (χ4v) is 3.16. The van der Waals surface area contributed by atoms with E-state index in [9.17, 15) is 0 Å². The van der Waals surface area contributed by atoms with E-state index in [-0.39, 0.29) is 0 Å². The number of aromatic nitrogens is 4. The van der Waals surface area contributed by atoms with Crippen LogP contribution < -0.4 is 5.32 Å². The van der Waals surface area contributed by atoms with Gasteiger partial charge in [0.15, 0.2) is 0 Å². The van der Waals surface area contributed by atoms with Crippen LogP contribution in [0.2, 0.25) is 0 Å². The molecule has 0 spiro atoms. The van der Waals surface area contributed by atoms with E-state index < -0.39 is 0 Å². The topological polar surface area (TPSA) is 55.6 Å². The Kier molecular flexibility index (Phi) is 3.20. The first kappa shape index (κ1) is 12.3. The summed E-state index contributed by atoms with van der Waals surface area (Å²) in [6.45, 7) is 0.929. The molecule has 4 rings (SSSR count). The molecule has 0 atom stereocenters. The third-order valence-corrected chi connectivity index (χ3v) is 4.76. The predicted molar refractivity (Wildman–Crippen MR) is 76.5 cm³/mol. The molecule has 0 amide bonds. The number of hydrogen-bond donors (Lipinski definition) is 1. The Bertz CT molecular complexity index is 603. The Hall–Kier alpha value is -1.40. The highest BCUT2D eigenvalue weighted by atomic mass is 32.2. The number of nitrogens with zero attached hydrogens (tertiary/aromatic N) is 4. The van der Waals surface area contributed by atoms with E-state index in [4.69, 9.17) is 0 Å². The third-order valence-electron chi connectivity index (χ3n) is 3.69. The molecule has 0 bridgehead atoms. The second-order valence-corrected chi connectivity index (χ2v) is 6.51. The molecule has 1 aromatic carbocycles. The third kappa shape index (κ3) is 2.71. The minimum Gasteiger partial charge on any atom is -0.310 e. The molecule has 2 aliphatic rings. The number of hydrogen-bond acceptors (Lipinski definition) is 5. The highest BCUT2D eigenvalue weighted by Gasteiger charge is 2.28. The Labute approximate surface area is 122 Å². The zero-order valence-electron chi connectivity index (χ0n) is 11.2. The Morgan fingerprint density at radius 2 is 2.05 bits per heavy atom. The van der Waals surface area contributed by atoms with Gasteiger partial charge < -0.3 is 5.32 Å². The monoisotopic (exact) mass is 287 g/mol. The van der Waals surface area contributed by atoms with E-state index in [2.05, 4.69) is 45.1 Å². The van der Waals surface area contributed by atoms with Gasteiger partial charge >= 0.3 is 0 Å². The zero-order chi connectivity index (χ0) is 13.4. The zero-order valence-corrected chi connectivity index (χ0v) is 12.0. The Morgan fingerprint density at radius 3 is 2.85 bits per heavy atom. The van der Waals surface area contributed by atoms with Crippen molar-refractivity contribution in [1.29, 1.82) is 0 Å². The van der Waals surface area contributed by atoms with E-state index >= 15 is 0 Å². The molecule has 2 aliphatic carbocycles. The Morgan fingerprint density at radius 1 is 1.20 bits per heavy atom. The minimum absolute atomic E-state index is 0.518. The molecule has 0 unspecified atom stereocenters. The predicted octanol–water partition coefficient (Wildman–Crippen LogP) is 2.41. The molecule has 2 aromatic rings. The summed E-state index contributed by atoms with van der Waals surface area (Å²) in [5, 5.41) is 16.6. The van der Waals surface area contributed by atoms with Crippen LogP contribution in [-0.2, 0) is 6.54 Å². The first-order valence-electron chi connectivity index (χ1n) is 7.17. The van der Waals surface area contributed by atoms with E-state index in [1.165, 1.54) is 36.1 Å². The van der Waals surface area contributed by atoms with Crippen LogP contribution in [0.4, 0.5) is 0 Å². The fraction of sp³-hybridized carbons (Fsp3) is 0.500. The lowest BCUT2D eigenvalue weighted by atomic mass is 10.2. The second kappa shape index (κ2) is 5.18. The standard InChI is InChI=1S/C14H17N5S/c1-2-4-13(10(3-1)9-15-11-5-6-11)20-14-16-17-18-19(14)12-7-8-12/h1-4,11-12,15H,5-9H2. The van der Waals surface area contributed by atoms with E-state index in [0.29, 0.717) is 6.04 Å². The summed E-state index contributed by atoms with van der Waals surface area (Å²) in [7, 11) is 0. The molecule has 1 heterocycles. The highest BCUT2D eigenvalue weighted by Crippen LogP contribution is 2.38. The van der Waals surface area contributed by atoms with Crippen LogP contribution in [0.5, 0.6) is 0 Å². The lowest BCUT2D eigenvalue weighted by molar-refractivity contribution is 0.565. The van der Waals surface area contributed by atoms with Crippen molar-refractivity contribution >= 4 is 11.8 Å². The van der Waals surface area contributed by atoms with Crippen molar-refractivity contribution in [3.05, 3.63) is 29.8 Å². The molecule has 0 radical (unpaired) electrons. The van der Waals surface area contributed by atoms with Crippen LogP contribution in [0.25, 0.3) is 0 Å². The quantitative estimate of drug-likeness (QED) is 0.884. The summed E-state index contributed by atoms with van der Waals surface area (Å²) >= 11 is 1.67. The highest BCUT2D eigenvalue weighted by molar-refractivity contribution is 7.99. The van der Waals surface area contributed by atoms with E-state index in [0.717, 1.165) is 17.7 Å². The van der Waals surface area contributed by atoms with Crippen LogP contribution in [0.15, 0.2) is 34.3 Å². The molecule has 2 saturated carbocycles. The van der Waals surface area contributed by atoms with Crippen molar-refractivity contribution < 1.29 is 0 Å². The van der Waals surface area contributed by atoms with Crippen LogP contribution in [0, 0.1) is 0 Å².